The van der Waals surface area contributed by atoms with Crippen molar-refractivity contribution in [3.63, 3.8) is 0 Å². The molecule has 14 nitrogen and oxygen atoms in total. The van der Waals surface area contributed by atoms with E-state index in [1.165, 1.54) is 28.2 Å². The molecule has 2 aromatic rings. The molecule has 17 heteroatoms. The molecule has 4 heterocycles. The average molecular weight is 596 g/mol. The summed E-state index contributed by atoms with van der Waals surface area (Å²) in [5.74, 6) is -2.24. The van der Waals surface area contributed by atoms with Crippen LogP contribution in [0.5, 0.6) is 0 Å². The van der Waals surface area contributed by atoms with Gasteiger partial charge in [0.1, 0.15) is 22.5 Å². The molecule has 0 spiro atoms. The van der Waals surface area contributed by atoms with Crippen molar-refractivity contribution in [1.82, 2.24) is 24.8 Å². The summed E-state index contributed by atoms with van der Waals surface area (Å²) in [7, 11) is 0. The fourth-order valence-electron chi connectivity index (χ4n) is 3.69. The third-order valence-electron chi connectivity index (χ3n) is 5.82. The van der Waals surface area contributed by atoms with E-state index in [9.17, 15) is 24.4 Å². The molecule has 0 radical (unpaired) electrons. The van der Waals surface area contributed by atoms with Gasteiger partial charge in [0.2, 0.25) is 12.7 Å². The normalized spacial score (nSPS) is 23.2. The summed E-state index contributed by atoms with van der Waals surface area (Å²) in [5.41, 5.74) is 3.26. The lowest BCUT2D eigenvalue weighted by molar-refractivity contribution is -0.178. The molecule has 2 saturated heterocycles. The first kappa shape index (κ1) is 28.4. The fraction of sp³-hybridized carbons (Fsp3) is 0.455. The van der Waals surface area contributed by atoms with Crippen LogP contribution in [-0.2, 0) is 28.7 Å². The van der Waals surface area contributed by atoms with Crippen LogP contribution in [0.25, 0.3) is 6.08 Å². The molecule has 2 aliphatic heterocycles. The lowest BCUT2D eigenvalue weighted by Gasteiger charge is -2.53. The Kier molecular flexibility index (Phi) is 8.22. The maximum atomic E-state index is 13.3. The van der Waals surface area contributed by atoms with Crippen molar-refractivity contribution in [2.75, 3.05) is 24.8 Å². The highest BCUT2D eigenvalue weighted by atomic mass is 32.2. The van der Waals surface area contributed by atoms with E-state index >= 15 is 0 Å². The quantitative estimate of drug-likeness (QED) is 0.0976. The summed E-state index contributed by atoms with van der Waals surface area (Å²) < 4.78 is 14.2. The van der Waals surface area contributed by atoms with Gasteiger partial charge in [0.05, 0.1) is 16.5 Å². The van der Waals surface area contributed by atoms with Gasteiger partial charge in [-0.15, -0.1) is 28.2 Å². The number of nitrogens with zero attached hydrogens (tertiary/aromatic N) is 5. The minimum atomic E-state index is -1.26. The molecular weight excluding hydrogens is 570 g/mol. The highest BCUT2D eigenvalue weighted by Crippen LogP contribution is 2.44. The Hall–Kier alpha value is -3.57. The molecule has 2 aromatic heterocycles. The van der Waals surface area contributed by atoms with Crippen LogP contribution in [-0.4, -0.2) is 84.6 Å². The van der Waals surface area contributed by atoms with E-state index in [1.807, 2.05) is 0 Å². The third-order valence-corrected chi connectivity index (χ3v) is 8.67. The lowest BCUT2D eigenvalue weighted by atomic mass is 9.86. The first-order chi connectivity index (χ1) is 18.4. The van der Waals surface area contributed by atoms with Gasteiger partial charge in [0, 0.05) is 17.7 Å². The predicted molar refractivity (Wildman–Crippen MR) is 143 cm³/mol. The summed E-state index contributed by atoms with van der Waals surface area (Å²) >= 11 is 3.46. The molecule has 208 valence electrons. The van der Waals surface area contributed by atoms with E-state index in [2.05, 4.69) is 25.0 Å². The minimum absolute atomic E-state index is 0.0335. The van der Waals surface area contributed by atoms with Crippen molar-refractivity contribution >= 4 is 75.3 Å². The lowest BCUT2D eigenvalue weighted by Crippen LogP contribution is -2.74. The van der Waals surface area contributed by atoms with Crippen molar-refractivity contribution < 1.29 is 33.9 Å². The Morgan fingerprint density at radius 1 is 1.36 bits per heavy atom. The molecule has 2 unspecified atom stereocenters. The molecular formula is C22H25N7O7S3. The topological polar surface area (TPSA) is 199 Å². The number of thioether (sulfide) groups is 1. The number of aromatic nitrogens is 3. The number of ether oxygens (including phenoxy) is 2. The summed E-state index contributed by atoms with van der Waals surface area (Å²) in [6.45, 7) is 4.42. The number of oxime groups is 1. The average Bonchev–Trinajstić information content (AvgIpc) is 3.57. The Bertz CT molecular complexity index is 1320. The van der Waals surface area contributed by atoms with Gasteiger partial charge >= 0.3 is 11.9 Å². The van der Waals surface area contributed by atoms with Crippen LogP contribution >= 0.6 is 34.6 Å². The van der Waals surface area contributed by atoms with E-state index in [0.29, 0.717) is 4.88 Å². The van der Waals surface area contributed by atoms with Gasteiger partial charge in [-0.3, -0.25) is 19.2 Å². The Labute approximate surface area is 234 Å². The van der Waals surface area contributed by atoms with Crippen LogP contribution in [0.3, 0.4) is 0 Å². The zero-order valence-corrected chi connectivity index (χ0v) is 23.5. The zero-order chi connectivity index (χ0) is 28.4. The van der Waals surface area contributed by atoms with Gasteiger partial charge in [-0.1, -0.05) is 15.7 Å². The number of carbonyl (C=O) groups is 4. The monoisotopic (exact) mass is 595 g/mol. The number of hydrogen-bond acceptors (Lipinski definition) is 15. The Balaban J connectivity index is 1.45. The number of hydrogen-bond donors (Lipinski definition) is 3. The molecule has 0 saturated carbocycles. The number of thiazole rings is 1. The van der Waals surface area contributed by atoms with E-state index in [-0.39, 0.29) is 28.8 Å². The predicted octanol–water partition coefficient (Wildman–Crippen LogP) is 0.945. The number of amides is 2. The zero-order valence-electron chi connectivity index (χ0n) is 21.0. The van der Waals surface area contributed by atoms with Gasteiger partial charge in [0.15, 0.2) is 10.8 Å². The number of anilines is 1. The maximum Gasteiger partial charge on any atom is 0.321 e. The molecule has 3 atom stereocenters. The molecule has 0 bridgehead atoms. The van der Waals surface area contributed by atoms with Crippen molar-refractivity contribution in [3.8, 4) is 0 Å². The first-order valence-corrected chi connectivity index (χ1v) is 14.1. The number of nitrogens with two attached hydrogens (primary N) is 1. The number of β-lactam (4-membered cyclic amide) rings is 1. The fourth-order valence-corrected chi connectivity index (χ4v) is 6.16. The van der Waals surface area contributed by atoms with Gasteiger partial charge in [0.25, 0.3) is 5.91 Å². The van der Waals surface area contributed by atoms with Crippen molar-refractivity contribution in [3.05, 3.63) is 28.2 Å². The Morgan fingerprint density at radius 3 is 2.74 bits per heavy atom. The molecule has 4 N–H and O–H groups in total. The summed E-state index contributed by atoms with van der Waals surface area (Å²) in [6, 6.07) is -0.910. The van der Waals surface area contributed by atoms with Crippen LogP contribution in [0, 0.1) is 10.8 Å². The second-order valence-electron chi connectivity index (χ2n) is 9.68. The van der Waals surface area contributed by atoms with Crippen molar-refractivity contribution in [2.45, 2.75) is 32.2 Å². The number of fused-ring (bicyclic) bond motifs is 1. The van der Waals surface area contributed by atoms with E-state index < -0.39 is 52.8 Å². The van der Waals surface area contributed by atoms with Gasteiger partial charge in [-0.05, 0) is 38.4 Å². The SMILES string of the molecule is CC(C)(C)C(=O)OCOC(=O)C1(C=Cc2cnns2)CS[C@@H]2C(NC(=O)C(=NO)c3csc(N)n3)C(=O)N2C1. The number of rotatable bonds is 8. The number of nitrogens with one attached hydrogen (secondary N) is 1. The molecule has 2 aliphatic rings. The maximum absolute atomic E-state index is 13.3. The van der Waals surface area contributed by atoms with Crippen LogP contribution < -0.4 is 11.1 Å². The second kappa shape index (κ2) is 11.3. The summed E-state index contributed by atoms with van der Waals surface area (Å²) in [5, 5.41) is 19.9. The first-order valence-electron chi connectivity index (χ1n) is 11.4. The molecule has 0 aromatic carbocycles. The number of nitrogen functional groups attached to an aromatic ring is 1. The Morgan fingerprint density at radius 2 is 2.13 bits per heavy atom. The molecule has 4 rings (SSSR count). The third kappa shape index (κ3) is 6.04. The molecule has 39 heavy (non-hydrogen) atoms. The van der Waals surface area contributed by atoms with Gasteiger partial charge < -0.3 is 30.6 Å². The van der Waals surface area contributed by atoms with E-state index in [1.54, 1.807) is 32.9 Å². The van der Waals surface area contributed by atoms with Crippen LogP contribution in [0.15, 0.2) is 22.8 Å². The molecule has 2 amide bonds. The molecule has 0 aliphatic carbocycles. The number of carbonyl (C=O) groups excluding carboxylic acids is 4. The molecule has 2 fully saturated rings. The van der Waals surface area contributed by atoms with Gasteiger partial charge in [-0.25, -0.2) is 4.98 Å². The second-order valence-corrected chi connectivity index (χ2v) is 12.5. The highest BCUT2D eigenvalue weighted by molar-refractivity contribution is 8.00. The summed E-state index contributed by atoms with van der Waals surface area (Å²) in [6.07, 6.45) is 4.82. The minimum Gasteiger partial charge on any atom is -0.427 e. The largest absolute Gasteiger partial charge is 0.427 e. The highest BCUT2D eigenvalue weighted by Gasteiger charge is 2.57. The van der Waals surface area contributed by atoms with E-state index in [0.717, 1.165) is 22.9 Å². The summed E-state index contributed by atoms with van der Waals surface area (Å²) in [4.78, 5) is 57.1. The van der Waals surface area contributed by atoms with Crippen LogP contribution in [0.1, 0.15) is 31.3 Å². The van der Waals surface area contributed by atoms with E-state index in [4.69, 9.17) is 15.2 Å². The number of esters is 2. The van der Waals surface area contributed by atoms with Crippen molar-refractivity contribution in [1.29, 1.82) is 0 Å². The van der Waals surface area contributed by atoms with Crippen molar-refractivity contribution in [2.24, 2.45) is 16.0 Å². The van der Waals surface area contributed by atoms with Gasteiger partial charge in [-0.2, -0.15) is 0 Å². The smallest absolute Gasteiger partial charge is 0.321 e. The van der Waals surface area contributed by atoms with Crippen LogP contribution in [0.4, 0.5) is 5.13 Å². The standard InChI is InChI=1S/C22H25N7O7S3/c1-21(2,3)18(32)35-10-36-19(33)22(5-4-11-6-24-28-39-11)8-29-16(31)14(17(29)38-9-22)26-15(30)13(27-34)12-7-37-20(23)25-12/h4-7,14,17,34H,8-10H2,1-3H3,(H2,23,25)(H,26,30)/t14?,17-,22?/m1/s1. The van der Waals surface area contributed by atoms with Crippen LogP contribution in [0.2, 0.25) is 0 Å².